The molecule has 0 heterocycles. The van der Waals surface area contributed by atoms with Gasteiger partial charge in [0, 0.05) is 13.0 Å². The predicted octanol–water partition coefficient (Wildman–Crippen LogP) is 5.07. The predicted molar refractivity (Wildman–Crippen MR) is 147 cm³/mol. The second-order valence-electron chi connectivity index (χ2n) is 10.2. The van der Waals surface area contributed by atoms with Gasteiger partial charge in [0.05, 0.1) is 20.3 Å². The topological polar surface area (TPSA) is 136 Å². The largest absolute Gasteiger partial charge is 0.513 e. The number of ether oxygens (including phenoxy) is 6. The molecule has 3 atom stereocenters. The second-order valence-corrected chi connectivity index (χ2v) is 10.2. The van der Waals surface area contributed by atoms with Crippen molar-refractivity contribution in [2.24, 2.45) is 17.8 Å². The molecule has 0 aliphatic carbocycles. The lowest BCUT2D eigenvalue weighted by molar-refractivity contribution is -0.144. The summed E-state index contributed by atoms with van der Waals surface area (Å²) in [5.41, 5.74) is 0.574. The minimum atomic E-state index is -0.957. The van der Waals surface area contributed by atoms with Gasteiger partial charge in [0.2, 0.25) is 0 Å². The Bertz CT molecular complexity index is 949. The van der Waals surface area contributed by atoms with E-state index in [-0.39, 0.29) is 68.0 Å². The van der Waals surface area contributed by atoms with E-state index in [2.05, 4.69) is 5.32 Å². The van der Waals surface area contributed by atoms with Crippen molar-refractivity contribution in [1.82, 2.24) is 5.32 Å². The summed E-state index contributed by atoms with van der Waals surface area (Å²) < 4.78 is 31.1. The zero-order valence-electron chi connectivity index (χ0n) is 24.8. The van der Waals surface area contributed by atoms with E-state index in [0.29, 0.717) is 12.0 Å². The summed E-state index contributed by atoms with van der Waals surface area (Å²) in [5.74, 6) is -0.481. The Kier molecular flexibility index (Phi) is 16.4. The van der Waals surface area contributed by atoms with Crippen LogP contribution in [-0.4, -0.2) is 63.8 Å². The zero-order valence-corrected chi connectivity index (χ0v) is 24.8. The van der Waals surface area contributed by atoms with E-state index >= 15 is 0 Å². The molecule has 1 aromatic carbocycles. The van der Waals surface area contributed by atoms with Gasteiger partial charge >= 0.3 is 24.2 Å². The number of esters is 2. The Balaban J connectivity index is 3.00. The van der Waals surface area contributed by atoms with Crippen molar-refractivity contribution in [2.75, 3.05) is 33.5 Å². The third kappa shape index (κ3) is 14.2. The number of hydrogen-bond acceptors (Lipinski definition) is 11. The monoisotopic (exact) mass is 567 g/mol. The molecule has 0 amide bonds. The van der Waals surface area contributed by atoms with Gasteiger partial charge in [-0.3, -0.25) is 9.59 Å². The molecule has 11 nitrogen and oxygen atoms in total. The number of nitrogens with one attached hydrogen (secondary N) is 1. The van der Waals surface area contributed by atoms with Crippen molar-refractivity contribution in [1.29, 1.82) is 0 Å². The van der Waals surface area contributed by atoms with Crippen LogP contribution in [0.15, 0.2) is 18.2 Å². The van der Waals surface area contributed by atoms with Crippen LogP contribution < -0.4 is 14.8 Å². The molecule has 0 spiro atoms. The molecular formula is C29H45NO10. The average Bonchev–Trinajstić information content (AvgIpc) is 2.92. The van der Waals surface area contributed by atoms with E-state index in [1.165, 1.54) is 19.2 Å². The van der Waals surface area contributed by atoms with Crippen LogP contribution >= 0.6 is 0 Å². The maximum absolute atomic E-state index is 12.4. The highest BCUT2D eigenvalue weighted by Gasteiger charge is 2.22. The van der Waals surface area contributed by atoms with E-state index in [1.807, 2.05) is 41.5 Å². The van der Waals surface area contributed by atoms with E-state index in [0.717, 1.165) is 12.8 Å². The lowest BCUT2D eigenvalue weighted by atomic mass is 10.1. The van der Waals surface area contributed by atoms with Crippen molar-refractivity contribution in [3.63, 3.8) is 0 Å². The summed E-state index contributed by atoms with van der Waals surface area (Å²) in [6.07, 6.45) is 0.200. The normalized spacial score (nSPS) is 13.1. The quantitative estimate of drug-likeness (QED) is 0.117. The van der Waals surface area contributed by atoms with Gasteiger partial charge in [-0.15, -0.1) is 0 Å². The van der Waals surface area contributed by atoms with Gasteiger partial charge in [0.15, 0.2) is 11.5 Å². The van der Waals surface area contributed by atoms with Crippen LogP contribution in [0.3, 0.4) is 0 Å². The van der Waals surface area contributed by atoms with Crippen molar-refractivity contribution in [3.8, 4) is 11.5 Å². The lowest BCUT2D eigenvalue weighted by Gasteiger charge is -2.18. The molecule has 226 valence electrons. The van der Waals surface area contributed by atoms with Crippen LogP contribution in [0, 0.1) is 17.8 Å². The highest BCUT2D eigenvalue weighted by Crippen LogP contribution is 2.30. The van der Waals surface area contributed by atoms with Crippen LogP contribution in [0.5, 0.6) is 11.5 Å². The first-order valence-electron chi connectivity index (χ1n) is 13.8. The third-order valence-corrected chi connectivity index (χ3v) is 6.02. The molecular weight excluding hydrogens is 522 g/mol. The highest BCUT2D eigenvalue weighted by atomic mass is 16.7. The van der Waals surface area contributed by atoms with Crippen LogP contribution in [0.4, 0.5) is 9.59 Å². The number of methoxy groups -OCH3 is 1. The molecule has 0 aliphatic heterocycles. The Hall–Kier alpha value is -3.34. The molecule has 1 N–H and O–H groups in total. The first kappa shape index (κ1) is 34.7. The average molecular weight is 568 g/mol. The van der Waals surface area contributed by atoms with Crippen molar-refractivity contribution < 1.29 is 47.6 Å². The number of rotatable bonds is 17. The SMILES string of the molecule is CCC(C)COC(=O)Oc1ccc(C[C@H](NCCOC(=O)CC(C)C)C(=O)OC)cc1OC(=O)OCC(C)CC. The summed E-state index contributed by atoms with van der Waals surface area (Å²) >= 11 is 0. The molecule has 0 aliphatic rings. The van der Waals surface area contributed by atoms with Gasteiger partial charge in [-0.1, -0.05) is 60.5 Å². The Morgan fingerprint density at radius 2 is 1.40 bits per heavy atom. The molecule has 0 aromatic heterocycles. The number of carbonyl (C=O) groups excluding carboxylic acids is 4. The van der Waals surface area contributed by atoms with Gasteiger partial charge in [-0.2, -0.15) is 0 Å². The maximum Gasteiger partial charge on any atom is 0.513 e. The summed E-state index contributed by atoms with van der Waals surface area (Å²) in [6, 6.07) is 3.75. The fourth-order valence-electron chi connectivity index (χ4n) is 3.15. The fraction of sp³-hybridized carbons (Fsp3) is 0.655. The molecule has 0 saturated carbocycles. The summed E-state index contributed by atoms with van der Waals surface area (Å²) in [7, 11) is 1.27. The first-order chi connectivity index (χ1) is 19.0. The maximum atomic E-state index is 12.4. The van der Waals surface area contributed by atoms with E-state index in [9.17, 15) is 19.2 Å². The summed E-state index contributed by atoms with van der Waals surface area (Å²) in [6.45, 7) is 12.3. The number of carbonyl (C=O) groups is 4. The molecule has 11 heteroatoms. The van der Waals surface area contributed by atoms with Gasteiger partial charge in [-0.25, -0.2) is 9.59 Å². The van der Waals surface area contributed by atoms with Crippen molar-refractivity contribution in [3.05, 3.63) is 23.8 Å². The number of benzene rings is 1. The van der Waals surface area contributed by atoms with E-state index in [4.69, 9.17) is 28.4 Å². The molecule has 1 aromatic rings. The Morgan fingerprint density at radius 1 is 0.825 bits per heavy atom. The van der Waals surface area contributed by atoms with Crippen LogP contribution in [0.2, 0.25) is 0 Å². The first-order valence-corrected chi connectivity index (χ1v) is 13.8. The fourth-order valence-corrected chi connectivity index (χ4v) is 3.15. The molecule has 1 rings (SSSR count). The molecule has 2 unspecified atom stereocenters. The van der Waals surface area contributed by atoms with E-state index in [1.54, 1.807) is 6.07 Å². The Labute approximate surface area is 237 Å². The van der Waals surface area contributed by atoms with Crippen LogP contribution in [0.25, 0.3) is 0 Å². The van der Waals surface area contributed by atoms with Gasteiger partial charge in [0.1, 0.15) is 12.6 Å². The molecule has 0 radical (unpaired) electrons. The van der Waals surface area contributed by atoms with E-state index < -0.39 is 24.3 Å². The highest BCUT2D eigenvalue weighted by molar-refractivity contribution is 5.76. The Morgan fingerprint density at radius 3 is 1.93 bits per heavy atom. The standard InChI is InChI=1S/C29H45NO10/c1-8-20(5)17-37-28(33)39-24-11-10-22(16-25(24)40-29(34)38-18-21(6)9-2)15-23(27(32)35-7)30-12-13-36-26(31)14-19(3)4/h10-11,16,19-21,23,30H,8-9,12-15,17-18H2,1-7H3/t20?,21?,23-/m0/s1. The van der Waals surface area contributed by atoms with Crippen molar-refractivity contribution >= 4 is 24.2 Å². The third-order valence-electron chi connectivity index (χ3n) is 6.02. The van der Waals surface area contributed by atoms with Gasteiger partial charge in [-0.05, 0) is 41.9 Å². The summed E-state index contributed by atoms with van der Waals surface area (Å²) in [5, 5.41) is 3.02. The molecule has 0 fully saturated rings. The van der Waals surface area contributed by atoms with Crippen LogP contribution in [-0.2, 0) is 35.0 Å². The molecule has 0 saturated heterocycles. The lowest BCUT2D eigenvalue weighted by Crippen LogP contribution is -2.41. The van der Waals surface area contributed by atoms with Crippen molar-refractivity contribution in [2.45, 2.75) is 73.3 Å². The zero-order chi connectivity index (χ0) is 30.1. The second kappa shape index (κ2) is 18.9. The minimum Gasteiger partial charge on any atom is -0.468 e. The molecule has 40 heavy (non-hydrogen) atoms. The van der Waals surface area contributed by atoms with Gasteiger partial charge in [0.25, 0.3) is 0 Å². The van der Waals surface area contributed by atoms with Crippen LogP contribution in [0.1, 0.15) is 66.4 Å². The molecule has 0 bridgehead atoms. The number of hydrogen-bond donors (Lipinski definition) is 1. The van der Waals surface area contributed by atoms with Gasteiger partial charge < -0.3 is 33.7 Å². The smallest absolute Gasteiger partial charge is 0.468 e. The minimum absolute atomic E-state index is 0.0435. The summed E-state index contributed by atoms with van der Waals surface area (Å²) in [4.78, 5) is 48.8.